The predicted octanol–water partition coefficient (Wildman–Crippen LogP) is 1.13. The number of pyridine rings is 1. The highest BCUT2D eigenvalue weighted by atomic mass is 16.5. The van der Waals surface area contributed by atoms with Crippen LogP contribution in [0, 0.1) is 0 Å². The lowest BCUT2D eigenvalue weighted by atomic mass is 10.3. The molecule has 2 rings (SSSR count). The normalized spacial score (nSPS) is 10.3. The van der Waals surface area contributed by atoms with E-state index in [1.807, 2.05) is 13.2 Å². The van der Waals surface area contributed by atoms with Crippen LogP contribution >= 0.6 is 0 Å². The smallest absolute Gasteiger partial charge is 0.358 e. The van der Waals surface area contributed by atoms with Crippen molar-refractivity contribution < 1.29 is 14.6 Å². The van der Waals surface area contributed by atoms with Gasteiger partial charge in [0.15, 0.2) is 11.4 Å². The summed E-state index contributed by atoms with van der Waals surface area (Å²) in [5, 5.41) is 13.0. The number of nitrogens with zero attached hydrogens (tertiary/aromatic N) is 3. The van der Waals surface area contributed by atoms with Gasteiger partial charge in [-0.1, -0.05) is 0 Å². The molecule has 0 aliphatic carbocycles. The first kappa shape index (κ1) is 12.1. The van der Waals surface area contributed by atoms with Crippen LogP contribution in [0.15, 0.2) is 30.7 Å². The van der Waals surface area contributed by atoms with Gasteiger partial charge in [-0.25, -0.2) is 9.78 Å². The summed E-state index contributed by atoms with van der Waals surface area (Å²) in [4.78, 5) is 14.7. The van der Waals surface area contributed by atoms with E-state index in [4.69, 9.17) is 9.84 Å². The monoisotopic (exact) mass is 247 g/mol. The van der Waals surface area contributed by atoms with E-state index in [1.54, 1.807) is 23.0 Å². The zero-order chi connectivity index (χ0) is 13.0. The minimum absolute atomic E-state index is 0.0660. The van der Waals surface area contributed by atoms with Crippen molar-refractivity contribution in [2.75, 3.05) is 6.61 Å². The number of aryl methyl sites for hydroxylation is 1. The van der Waals surface area contributed by atoms with Gasteiger partial charge in [-0.2, -0.15) is 5.10 Å². The molecule has 0 aromatic carbocycles. The zero-order valence-corrected chi connectivity index (χ0v) is 9.91. The summed E-state index contributed by atoms with van der Waals surface area (Å²) in [5.41, 5.74) is 0.974. The molecule has 1 N–H and O–H groups in total. The molecule has 94 valence electrons. The van der Waals surface area contributed by atoms with Crippen molar-refractivity contribution in [3.8, 4) is 5.75 Å². The van der Waals surface area contributed by atoms with Crippen molar-refractivity contribution in [1.82, 2.24) is 14.8 Å². The van der Waals surface area contributed by atoms with Crippen LogP contribution in [-0.2, 0) is 13.5 Å². The van der Waals surface area contributed by atoms with E-state index in [9.17, 15) is 4.79 Å². The number of carbonyl (C=O) groups is 1. The van der Waals surface area contributed by atoms with Gasteiger partial charge >= 0.3 is 5.97 Å². The second kappa shape index (κ2) is 5.31. The van der Waals surface area contributed by atoms with Gasteiger partial charge in [0.05, 0.1) is 12.8 Å². The minimum Gasteiger partial charge on any atom is -0.491 e. The van der Waals surface area contributed by atoms with Crippen LogP contribution in [0.5, 0.6) is 5.75 Å². The molecule has 6 heteroatoms. The molecule has 0 atom stereocenters. The van der Waals surface area contributed by atoms with Gasteiger partial charge in [-0.3, -0.25) is 4.68 Å². The molecule has 0 unspecified atom stereocenters. The minimum atomic E-state index is -1.09. The summed E-state index contributed by atoms with van der Waals surface area (Å²) in [6, 6.07) is 3.24. The Morgan fingerprint density at radius 2 is 2.39 bits per heavy atom. The third kappa shape index (κ3) is 2.85. The van der Waals surface area contributed by atoms with E-state index < -0.39 is 5.97 Å². The van der Waals surface area contributed by atoms with E-state index in [-0.39, 0.29) is 11.4 Å². The standard InChI is InChI=1S/C12H13N3O3/c1-15-8-9(7-14-15)4-6-18-10-3-2-5-13-11(10)12(16)17/h2-3,5,7-8H,4,6H2,1H3,(H,16,17). The summed E-state index contributed by atoms with van der Waals surface area (Å²) in [5.74, 6) is -0.805. The van der Waals surface area contributed by atoms with Crippen molar-refractivity contribution in [2.24, 2.45) is 7.05 Å². The first-order valence-corrected chi connectivity index (χ1v) is 5.45. The number of carboxylic acids is 1. The third-order valence-electron chi connectivity index (χ3n) is 2.38. The molecule has 0 amide bonds. The first-order chi connectivity index (χ1) is 8.66. The van der Waals surface area contributed by atoms with Gasteiger partial charge < -0.3 is 9.84 Å². The number of hydrogen-bond acceptors (Lipinski definition) is 4. The number of aromatic carboxylic acids is 1. The van der Waals surface area contributed by atoms with Gasteiger partial charge in [-0.05, 0) is 17.7 Å². The predicted molar refractivity (Wildman–Crippen MR) is 63.6 cm³/mol. The Balaban J connectivity index is 1.96. The molecular weight excluding hydrogens is 234 g/mol. The van der Waals surface area contributed by atoms with Crippen LogP contribution in [0.3, 0.4) is 0 Å². The van der Waals surface area contributed by atoms with Crippen LogP contribution < -0.4 is 4.74 Å². The summed E-state index contributed by atoms with van der Waals surface area (Å²) < 4.78 is 7.14. The van der Waals surface area contributed by atoms with E-state index >= 15 is 0 Å². The molecule has 2 aromatic rings. The topological polar surface area (TPSA) is 77.2 Å². The molecule has 18 heavy (non-hydrogen) atoms. The summed E-state index contributed by atoms with van der Waals surface area (Å²) in [6.45, 7) is 0.387. The molecule has 0 bridgehead atoms. The number of hydrogen-bond donors (Lipinski definition) is 1. The molecule has 2 aromatic heterocycles. The van der Waals surface area contributed by atoms with E-state index in [0.29, 0.717) is 13.0 Å². The highest BCUT2D eigenvalue weighted by Crippen LogP contribution is 2.15. The Hall–Kier alpha value is -2.37. The quantitative estimate of drug-likeness (QED) is 0.857. The molecule has 0 saturated carbocycles. The summed E-state index contributed by atoms with van der Waals surface area (Å²) in [7, 11) is 1.84. The fraction of sp³-hybridized carbons (Fsp3) is 0.250. The molecule has 0 aliphatic rings. The van der Waals surface area contributed by atoms with Gasteiger partial charge in [0.2, 0.25) is 0 Å². The van der Waals surface area contributed by atoms with Crippen LogP contribution in [-0.4, -0.2) is 32.4 Å². The SMILES string of the molecule is Cn1cc(CCOc2cccnc2C(=O)O)cn1. The van der Waals surface area contributed by atoms with Crippen LogP contribution in [0.4, 0.5) is 0 Å². The maximum atomic E-state index is 10.9. The fourth-order valence-electron chi connectivity index (χ4n) is 1.55. The highest BCUT2D eigenvalue weighted by molar-refractivity contribution is 5.88. The van der Waals surface area contributed by atoms with Crippen LogP contribution in [0.25, 0.3) is 0 Å². The van der Waals surface area contributed by atoms with Crippen molar-refractivity contribution in [3.05, 3.63) is 42.0 Å². The van der Waals surface area contributed by atoms with Gasteiger partial charge in [0.25, 0.3) is 0 Å². The van der Waals surface area contributed by atoms with Gasteiger partial charge in [0.1, 0.15) is 0 Å². The number of carboxylic acid groups (broad SMARTS) is 1. The Labute approximate surface area is 104 Å². The number of rotatable bonds is 5. The number of ether oxygens (including phenoxy) is 1. The van der Waals surface area contributed by atoms with E-state index in [2.05, 4.69) is 10.1 Å². The Morgan fingerprint density at radius 3 is 3.06 bits per heavy atom. The van der Waals surface area contributed by atoms with Gasteiger partial charge in [-0.15, -0.1) is 0 Å². The van der Waals surface area contributed by atoms with Crippen molar-refractivity contribution in [2.45, 2.75) is 6.42 Å². The van der Waals surface area contributed by atoms with E-state index in [0.717, 1.165) is 5.56 Å². The fourth-order valence-corrected chi connectivity index (χ4v) is 1.55. The lowest BCUT2D eigenvalue weighted by Gasteiger charge is -2.07. The third-order valence-corrected chi connectivity index (χ3v) is 2.38. The lowest BCUT2D eigenvalue weighted by molar-refractivity contribution is 0.0685. The first-order valence-electron chi connectivity index (χ1n) is 5.45. The summed E-state index contributed by atoms with van der Waals surface area (Å²) in [6.07, 6.45) is 5.74. The largest absolute Gasteiger partial charge is 0.491 e. The molecule has 0 fully saturated rings. The van der Waals surface area contributed by atoms with Crippen molar-refractivity contribution in [1.29, 1.82) is 0 Å². The van der Waals surface area contributed by atoms with Gasteiger partial charge in [0, 0.05) is 25.9 Å². The molecular formula is C12H13N3O3. The maximum Gasteiger partial charge on any atom is 0.358 e. The Kier molecular flexibility index (Phi) is 3.57. The second-order valence-corrected chi connectivity index (χ2v) is 3.78. The average Bonchev–Trinajstić information content (AvgIpc) is 2.75. The van der Waals surface area contributed by atoms with Crippen LogP contribution in [0.1, 0.15) is 16.1 Å². The highest BCUT2D eigenvalue weighted by Gasteiger charge is 2.11. The number of aromatic nitrogens is 3. The summed E-state index contributed by atoms with van der Waals surface area (Å²) >= 11 is 0. The molecule has 2 heterocycles. The second-order valence-electron chi connectivity index (χ2n) is 3.78. The molecule has 0 spiro atoms. The van der Waals surface area contributed by atoms with Crippen LogP contribution in [0.2, 0.25) is 0 Å². The molecule has 0 radical (unpaired) electrons. The lowest BCUT2D eigenvalue weighted by Crippen LogP contribution is -2.07. The zero-order valence-electron chi connectivity index (χ0n) is 9.91. The Bertz CT molecular complexity index is 551. The maximum absolute atomic E-state index is 10.9. The average molecular weight is 247 g/mol. The van der Waals surface area contributed by atoms with Crippen molar-refractivity contribution >= 4 is 5.97 Å². The van der Waals surface area contributed by atoms with Crippen molar-refractivity contribution in [3.63, 3.8) is 0 Å². The van der Waals surface area contributed by atoms with E-state index in [1.165, 1.54) is 6.20 Å². The molecule has 0 aliphatic heterocycles. The molecule has 6 nitrogen and oxygen atoms in total. The molecule has 0 saturated heterocycles. The Morgan fingerprint density at radius 1 is 1.56 bits per heavy atom.